The fourth-order valence-corrected chi connectivity index (χ4v) is 2.91. The number of carbonyl (C=O) groups is 1. The van der Waals surface area contributed by atoms with Crippen LogP contribution >= 0.6 is 0 Å². The predicted molar refractivity (Wildman–Crippen MR) is 112 cm³/mol. The van der Waals surface area contributed by atoms with E-state index in [9.17, 15) is 9.18 Å². The van der Waals surface area contributed by atoms with Gasteiger partial charge in [-0.2, -0.15) is 0 Å². The predicted octanol–water partition coefficient (Wildman–Crippen LogP) is 4.86. The third-order valence-corrected chi connectivity index (χ3v) is 4.45. The van der Waals surface area contributed by atoms with Crippen LogP contribution in [0.4, 0.5) is 15.9 Å². The van der Waals surface area contributed by atoms with E-state index in [4.69, 9.17) is 4.42 Å². The molecule has 0 aliphatic rings. The first kappa shape index (κ1) is 19.3. The Labute approximate surface area is 172 Å². The number of nitrogens with zero attached hydrogens (tertiary/aromatic N) is 2. The fraction of sp³-hybridized carbons (Fsp3) is 0.0870. The number of benzene rings is 2. The van der Waals surface area contributed by atoms with Crippen LogP contribution in [0.25, 0.3) is 11.3 Å². The molecule has 0 atom stereocenters. The van der Waals surface area contributed by atoms with E-state index in [1.54, 1.807) is 42.5 Å². The molecule has 150 valence electrons. The van der Waals surface area contributed by atoms with Gasteiger partial charge in [-0.15, -0.1) is 0 Å². The van der Waals surface area contributed by atoms with Crippen molar-refractivity contribution in [2.24, 2.45) is 0 Å². The Morgan fingerprint density at radius 3 is 2.47 bits per heavy atom. The summed E-state index contributed by atoms with van der Waals surface area (Å²) in [5, 5.41) is 6.01. The summed E-state index contributed by atoms with van der Waals surface area (Å²) in [5.41, 5.74) is 2.78. The van der Waals surface area contributed by atoms with Gasteiger partial charge < -0.3 is 15.1 Å². The van der Waals surface area contributed by atoms with Gasteiger partial charge in [-0.1, -0.05) is 0 Å². The van der Waals surface area contributed by atoms with Crippen molar-refractivity contribution in [3.63, 3.8) is 0 Å². The molecule has 0 aliphatic heterocycles. The van der Waals surface area contributed by atoms with Gasteiger partial charge in [0.2, 0.25) is 0 Å². The number of aromatic nitrogens is 2. The lowest BCUT2D eigenvalue weighted by Crippen LogP contribution is -2.22. The van der Waals surface area contributed by atoms with E-state index >= 15 is 0 Å². The van der Waals surface area contributed by atoms with Crippen LogP contribution in [0, 0.1) is 12.7 Å². The van der Waals surface area contributed by atoms with Crippen LogP contribution in [-0.2, 0) is 6.54 Å². The zero-order valence-electron chi connectivity index (χ0n) is 16.2. The first-order chi connectivity index (χ1) is 14.6. The molecule has 0 unspecified atom stereocenters. The largest absolute Gasteiger partial charge is 0.465 e. The maximum Gasteiger partial charge on any atom is 0.251 e. The number of halogens is 1. The molecule has 4 aromatic rings. The minimum absolute atomic E-state index is 0.184. The summed E-state index contributed by atoms with van der Waals surface area (Å²) in [4.78, 5) is 20.7. The minimum Gasteiger partial charge on any atom is -0.465 e. The number of rotatable bonds is 6. The van der Waals surface area contributed by atoms with E-state index < -0.39 is 0 Å². The average molecular weight is 402 g/mol. The van der Waals surface area contributed by atoms with Crippen molar-refractivity contribution >= 4 is 17.4 Å². The van der Waals surface area contributed by atoms with Crippen molar-refractivity contribution in [3.05, 3.63) is 96.0 Å². The van der Waals surface area contributed by atoms with Gasteiger partial charge in [0, 0.05) is 22.9 Å². The number of amides is 1. The van der Waals surface area contributed by atoms with Crippen LogP contribution in [0.15, 0.2) is 77.5 Å². The SMILES string of the molecule is Cc1ccc(CNC(=O)c2ccc(Nc3cc(-c4ccc(F)cc4)ncn3)cc2)o1. The molecular weight excluding hydrogens is 383 g/mol. The van der Waals surface area contributed by atoms with Gasteiger partial charge in [0.15, 0.2) is 0 Å². The van der Waals surface area contributed by atoms with Crippen molar-refractivity contribution < 1.29 is 13.6 Å². The topological polar surface area (TPSA) is 80.0 Å². The molecule has 0 bridgehead atoms. The van der Waals surface area contributed by atoms with Crippen LogP contribution < -0.4 is 10.6 Å². The maximum absolute atomic E-state index is 13.1. The highest BCUT2D eigenvalue weighted by molar-refractivity contribution is 5.94. The molecule has 2 aromatic heterocycles. The normalized spacial score (nSPS) is 10.6. The third kappa shape index (κ3) is 4.70. The van der Waals surface area contributed by atoms with Gasteiger partial charge in [-0.25, -0.2) is 14.4 Å². The van der Waals surface area contributed by atoms with Crippen LogP contribution in [0.2, 0.25) is 0 Å². The van der Waals surface area contributed by atoms with Gasteiger partial charge in [-0.3, -0.25) is 4.79 Å². The fourth-order valence-electron chi connectivity index (χ4n) is 2.91. The van der Waals surface area contributed by atoms with E-state index in [0.29, 0.717) is 29.4 Å². The molecule has 0 saturated heterocycles. The monoisotopic (exact) mass is 402 g/mol. The quantitative estimate of drug-likeness (QED) is 0.482. The molecule has 2 aromatic carbocycles. The lowest BCUT2D eigenvalue weighted by molar-refractivity contribution is 0.0948. The number of hydrogen-bond acceptors (Lipinski definition) is 5. The molecule has 7 heteroatoms. The highest BCUT2D eigenvalue weighted by Gasteiger charge is 2.08. The Hall–Kier alpha value is -4.00. The smallest absolute Gasteiger partial charge is 0.251 e. The van der Waals surface area contributed by atoms with Gasteiger partial charge in [0.25, 0.3) is 5.91 Å². The van der Waals surface area contributed by atoms with Crippen molar-refractivity contribution in [3.8, 4) is 11.3 Å². The van der Waals surface area contributed by atoms with E-state index in [2.05, 4.69) is 20.6 Å². The number of aryl methyl sites for hydroxylation is 1. The van der Waals surface area contributed by atoms with Gasteiger partial charge in [0.1, 0.15) is 29.5 Å². The van der Waals surface area contributed by atoms with Crippen LogP contribution in [0.5, 0.6) is 0 Å². The summed E-state index contributed by atoms with van der Waals surface area (Å²) in [5.74, 6) is 1.63. The first-order valence-electron chi connectivity index (χ1n) is 9.35. The van der Waals surface area contributed by atoms with Crippen LogP contribution in [0.1, 0.15) is 21.9 Å². The second kappa shape index (κ2) is 8.57. The highest BCUT2D eigenvalue weighted by atomic mass is 19.1. The molecule has 2 N–H and O–H groups in total. The van der Waals surface area contributed by atoms with Crippen molar-refractivity contribution in [2.45, 2.75) is 13.5 Å². The summed E-state index contributed by atoms with van der Waals surface area (Å²) in [6.07, 6.45) is 1.44. The highest BCUT2D eigenvalue weighted by Crippen LogP contribution is 2.21. The van der Waals surface area contributed by atoms with E-state index in [1.807, 2.05) is 19.1 Å². The summed E-state index contributed by atoms with van der Waals surface area (Å²) in [6, 6.07) is 18.6. The van der Waals surface area contributed by atoms with E-state index in [-0.39, 0.29) is 11.7 Å². The van der Waals surface area contributed by atoms with Crippen LogP contribution in [0.3, 0.4) is 0 Å². The Balaban J connectivity index is 1.40. The average Bonchev–Trinajstić information content (AvgIpc) is 3.18. The Morgan fingerprint density at radius 1 is 1.00 bits per heavy atom. The molecular formula is C23H19FN4O2. The minimum atomic E-state index is -0.297. The molecule has 0 radical (unpaired) electrons. The first-order valence-corrected chi connectivity index (χ1v) is 9.35. The molecule has 0 spiro atoms. The number of anilines is 2. The van der Waals surface area contributed by atoms with Crippen molar-refractivity contribution in [1.82, 2.24) is 15.3 Å². The molecule has 0 saturated carbocycles. The number of carbonyl (C=O) groups excluding carboxylic acids is 1. The van der Waals surface area contributed by atoms with Crippen molar-refractivity contribution in [2.75, 3.05) is 5.32 Å². The summed E-state index contributed by atoms with van der Waals surface area (Å²) >= 11 is 0. The maximum atomic E-state index is 13.1. The standard InChI is InChI=1S/C23H19FN4O2/c1-15-2-11-20(30-15)13-25-23(29)17-5-9-19(10-6-17)28-22-12-21(26-14-27-22)16-3-7-18(24)8-4-16/h2-12,14H,13H2,1H3,(H,25,29)(H,26,27,28). The molecule has 6 nitrogen and oxygen atoms in total. The second-order valence-corrected chi connectivity index (χ2v) is 6.69. The van der Waals surface area contributed by atoms with Gasteiger partial charge in [-0.05, 0) is 67.6 Å². The van der Waals surface area contributed by atoms with Crippen molar-refractivity contribution in [1.29, 1.82) is 0 Å². The van der Waals surface area contributed by atoms with E-state index in [0.717, 1.165) is 17.0 Å². The zero-order valence-corrected chi connectivity index (χ0v) is 16.2. The molecule has 0 aliphatic carbocycles. The molecule has 1 amide bonds. The summed E-state index contributed by atoms with van der Waals surface area (Å²) in [6.45, 7) is 2.19. The summed E-state index contributed by atoms with van der Waals surface area (Å²) in [7, 11) is 0. The van der Waals surface area contributed by atoms with Gasteiger partial charge >= 0.3 is 0 Å². The summed E-state index contributed by atoms with van der Waals surface area (Å²) < 4.78 is 18.6. The molecule has 0 fully saturated rings. The number of hydrogen-bond donors (Lipinski definition) is 2. The van der Waals surface area contributed by atoms with Crippen LogP contribution in [-0.4, -0.2) is 15.9 Å². The molecule has 2 heterocycles. The lowest BCUT2D eigenvalue weighted by Gasteiger charge is -2.08. The number of nitrogens with one attached hydrogen (secondary N) is 2. The molecule has 30 heavy (non-hydrogen) atoms. The third-order valence-electron chi connectivity index (χ3n) is 4.45. The second-order valence-electron chi connectivity index (χ2n) is 6.69. The molecule has 4 rings (SSSR count). The number of furan rings is 1. The Morgan fingerprint density at radius 2 is 1.77 bits per heavy atom. The lowest BCUT2D eigenvalue weighted by atomic mass is 10.1. The Bertz CT molecular complexity index is 1150. The van der Waals surface area contributed by atoms with Gasteiger partial charge in [0.05, 0.1) is 12.2 Å². The van der Waals surface area contributed by atoms with E-state index in [1.165, 1.54) is 18.5 Å². The Kier molecular flexibility index (Phi) is 5.52. The zero-order chi connectivity index (χ0) is 20.9.